The molecule has 19 heavy (non-hydrogen) atoms. The molecule has 0 aliphatic carbocycles. The second-order valence-corrected chi connectivity index (χ2v) is 5.83. The van der Waals surface area contributed by atoms with Crippen molar-refractivity contribution in [3.63, 3.8) is 0 Å². The molecule has 0 amide bonds. The summed E-state index contributed by atoms with van der Waals surface area (Å²) in [5.41, 5.74) is -0.456. The van der Waals surface area contributed by atoms with Gasteiger partial charge < -0.3 is 15.0 Å². The van der Waals surface area contributed by atoms with Crippen LogP contribution in [0.4, 0.5) is 0 Å². The number of ether oxygens (including phenoxy) is 1. The maximum atomic E-state index is 11.6. The minimum Gasteiger partial charge on any atom is -0.469 e. The lowest BCUT2D eigenvalue weighted by atomic mass is 9.93. The highest BCUT2D eigenvalue weighted by molar-refractivity contribution is 5.76. The first-order chi connectivity index (χ1) is 8.87. The zero-order valence-electron chi connectivity index (χ0n) is 13.6. The average Bonchev–Trinajstić information content (AvgIpc) is 2.40. The number of hydrogen-bond donors (Lipinski definition) is 1. The van der Waals surface area contributed by atoms with Crippen molar-refractivity contribution in [1.29, 1.82) is 0 Å². The van der Waals surface area contributed by atoms with E-state index >= 15 is 0 Å². The van der Waals surface area contributed by atoms with Crippen LogP contribution in [0.5, 0.6) is 0 Å². The van der Waals surface area contributed by atoms with Crippen LogP contribution in [0.2, 0.25) is 0 Å². The van der Waals surface area contributed by atoms with E-state index in [0.29, 0.717) is 12.6 Å². The minimum absolute atomic E-state index is 0.157. The summed E-state index contributed by atoms with van der Waals surface area (Å²) in [7, 11) is 1.44. The van der Waals surface area contributed by atoms with Crippen LogP contribution < -0.4 is 5.32 Å². The van der Waals surface area contributed by atoms with E-state index in [-0.39, 0.29) is 5.97 Å². The van der Waals surface area contributed by atoms with Crippen molar-refractivity contribution < 1.29 is 9.53 Å². The van der Waals surface area contributed by atoms with E-state index in [0.717, 1.165) is 26.1 Å². The van der Waals surface area contributed by atoms with Crippen molar-refractivity contribution in [2.24, 2.45) is 5.41 Å². The molecule has 0 saturated carbocycles. The summed E-state index contributed by atoms with van der Waals surface area (Å²) >= 11 is 0. The monoisotopic (exact) mass is 272 g/mol. The summed E-state index contributed by atoms with van der Waals surface area (Å²) in [4.78, 5) is 14.0. The van der Waals surface area contributed by atoms with Gasteiger partial charge in [-0.05, 0) is 53.2 Å². The van der Waals surface area contributed by atoms with Crippen LogP contribution in [-0.4, -0.2) is 50.2 Å². The van der Waals surface area contributed by atoms with Crippen molar-refractivity contribution in [3.05, 3.63) is 0 Å². The normalized spacial score (nSPS) is 13.6. The zero-order valence-corrected chi connectivity index (χ0v) is 13.6. The molecule has 0 fully saturated rings. The van der Waals surface area contributed by atoms with Gasteiger partial charge in [0.05, 0.1) is 12.5 Å². The van der Waals surface area contributed by atoms with Crippen molar-refractivity contribution in [2.45, 2.75) is 53.5 Å². The topological polar surface area (TPSA) is 41.6 Å². The fourth-order valence-corrected chi connectivity index (χ4v) is 2.04. The van der Waals surface area contributed by atoms with Crippen LogP contribution in [-0.2, 0) is 9.53 Å². The molecule has 0 aromatic rings. The van der Waals surface area contributed by atoms with Crippen molar-refractivity contribution >= 4 is 5.97 Å². The number of carbonyl (C=O) groups excluding carboxylic acids is 1. The fourth-order valence-electron chi connectivity index (χ4n) is 2.04. The van der Waals surface area contributed by atoms with Crippen LogP contribution in [0.3, 0.4) is 0 Å². The molecule has 0 aliphatic rings. The quantitative estimate of drug-likeness (QED) is 0.620. The van der Waals surface area contributed by atoms with Gasteiger partial charge in [0.15, 0.2) is 0 Å². The van der Waals surface area contributed by atoms with Gasteiger partial charge in [-0.2, -0.15) is 0 Å². The molecule has 0 radical (unpaired) electrons. The van der Waals surface area contributed by atoms with Gasteiger partial charge in [-0.25, -0.2) is 0 Å². The maximum Gasteiger partial charge on any atom is 0.312 e. The van der Waals surface area contributed by atoms with Crippen LogP contribution in [0.25, 0.3) is 0 Å². The zero-order chi connectivity index (χ0) is 14.9. The highest BCUT2D eigenvalue weighted by atomic mass is 16.5. The summed E-state index contributed by atoms with van der Waals surface area (Å²) < 4.78 is 4.80. The summed E-state index contributed by atoms with van der Waals surface area (Å²) in [6.45, 7) is 14.4. The average molecular weight is 272 g/mol. The number of methoxy groups -OCH3 is 1. The predicted octanol–water partition coefficient (Wildman–Crippen LogP) is 2.29. The maximum absolute atomic E-state index is 11.6. The molecular formula is C15H32N2O2. The standard InChI is InChI=1S/C15H32N2O2/c1-7-17(8-2)11-9-10-13(3)16-12-15(4,5)14(18)19-6/h13,16H,7-12H2,1-6H3. The number of esters is 1. The number of nitrogens with one attached hydrogen (secondary N) is 1. The summed E-state index contributed by atoms with van der Waals surface area (Å²) in [5, 5.41) is 3.43. The van der Waals surface area contributed by atoms with Gasteiger partial charge in [-0.3, -0.25) is 4.79 Å². The Morgan fingerprint density at radius 2 is 1.89 bits per heavy atom. The molecule has 0 saturated heterocycles. The Kier molecular flexibility index (Phi) is 9.02. The smallest absolute Gasteiger partial charge is 0.312 e. The third-order valence-corrected chi connectivity index (χ3v) is 3.64. The number of rotatable bonds is 10. The molecule has 0 bridgehead atoms. The van der Waals surface area contributed by atoms with Gasteiger partial charge in [-0.1, -0.05) is 13.8 Å². The Balaban J connectivity index is 3.87. The van der Waals surface area contributed by atoms with E-state index in [1.54, 1.807) is 0 Å². The van der Waals surface area contributed by atoms with Crippen LogP contribution in [0.1, 0.15) is 47.5 Å². The lowest BCUT2D eigenvalue weighted by molar-refractivity contribution is -0.150. The second-order valence-electron chi connectivity index (χ2n) is 5.83. The molecule has 114 valence electrons. The Morgan fingerprint density at radius 3 is 2.37 bits per heavy atom. The summed E-state index contributed by atoms with van der Waals surface area (Å²) in [6, 6.07) is 0.430. The first kappa shape index (κ1) is 18.4. The SMILES string of the molecule is CCN(CC)CCCC(C)NCC(C)(C)C(=O)OC. The van der Waals surface area contributed by atoms with Crippen molar-refractivity contribution in [3.8, 4) is 0 Å². The Bertz CT molecular complexity index is 251. The molecule has 0 aromatic heterocycles. The fraction of sp³-hybridized carbons (Fsp3) is 0.933. The van der Waals surface area contributed by atoms with E-state index in [1.807, 2.05) is 13.8 Å². The third kappa shape index (κ3) is 7.53. The Labute approximate surface area is 118 Å². The molecule has 0 spiro atoms. The summed E-state index contributed by atoms with van der Waals surface area (Å²) in [5.74, 6) is -0.157. The molecule has 4 nitrogen and oxygen atoms in total. The first-order valence-corrected chi connectivity index (χ1v) is 7.41. The van der Waals surface area contributed by atoms with Gasteiger partial charge in [-0.15, -0.1) is 0 Å². The number of hydrogen-bond acceptors (Lipinski definition) is 4. The molecule has 0 heterocycles. The molecular weight excluding hydrogens is 240 g/mol. The highest BCUT2D eigenvalue weighted by Gasteiger charge is 2.28. The van der Waals surface area contributed by atoms with Gasteiger partial charge >= 0.3 is 5.97 Å². The van der Waals surface area contributed by atoms with E-state index in [2.05, 4.69) is 31.0 Å². The third-order valence-electron chi connectivity index (χ3n) is 3.64. The molecule has 0 aromatic carbocycles. The molecule has 1 N–H and O–H groups in total. The lowest BCUT2D eigenvalue weighted by Crippen LogP contribution is -2.40. The van der Waals surface area contributed by atoms with E-state index < -0.39 is 5.41 Å². The molecule has 1 unspecified atom stereocenters. The number of carbonyl (C=O) groups is 1. The molecule has 1 atom stereocenters. The van der Waals surface area contributed by atoms with Gasteiger partial charge in [0.1, 0.15) is 0 Å². The van der Waals surface area contributed by atoms with Crippen LogP contribution in [0, 0.1) is 5.41 Å². The Hall–Kier alpha value is -0.610. The van der Waals surface area contributed by atoms with Crippen molar-refractivity contribution in [1.82, 2.24) is 10.2 Å². The van der Waals surface area contributed by atoms with E-state index in [4.69, 9.17) is 4.74 Å². The summed E-state index contributed by atoms with van der Waals surface area (Å²) in [6.07, 6.45) is 2.32. The first-order valence-electron chi connectivity index (χ1n) is 7.41. The second kappa shape index (κ2) is 9.32. The largest absolute Gasteiger partial charge is 0.469 e. The van der Waals surface area contributed by atoms with Gasteiger partial charge in [0, 0.05) is 12.6 Å². The number of nitrogens with zero attached hydrogens (tertiary/aromatic N) is 1. The molecule has 0 rings (SSSR count). The minimum atomic E-state index is -0.456. The van der Waals surface area contributed by atoms with Crippen molar-refractivity contribution in [2.75, 3.05) is 33.3 Å². The lowest BCUT2D eigenvalue weighted by Gasteiger charge is -2.25. The molecule has 0 aliphatic heterocycles. The van der Waals surface area contributed by atoms with Crippen LogP contribution in [0.15, 0.2) is 0 Å². The highest BCUT2D eigenvalue weighted by Crippen LogP contribution is 2.16. The predicted molar refractivity (Wildman–Crippen MR) is 80.3 cm³/mol. The van der Waals surface area contributed by atoms with Gasteiger partial charge in [0.25, 0.3) is 0 Å². The Morgan fingerprint density at radius 1 is 1.32 bits per heavy atom. The van der Waals surface area contributed by atoms with E-state index in [1.165, 1.54) is 13.5 Å². The molecule has 4 heteroatoms. The van der Waals surface area contributed by atoms with Gasteiger partial charge in [0.2, 0.25) is 0 Å². The van der Waals surface area contributed by atoms with Crippen LogP contribution >= 0.6 is 0 Å². The van der Waals surface area contributed by atoms with E-state index in [9.17, 15) is 4.79 Å².